The smallest absolute Gasteiger partial charge is 0.253 e. The molecule has 2 aromatic heterocycles. The van der Waals surface area contributed by atoms with Crippen LogP contribution in [0.1, 0.15) is 33.6 Å². The molecule has 5 rings (SSSR count). The van der Waals surface area contributed by atoms with Crippen molar-refractivity contribution in [2.75, 3.05) is 20.1 Å². The lowest BCUT2D eigenvalue weighted by Crippen LogP contribution is -2.41. The van der Waals surface area contributed by atoms with Gasteiger partial charge in [0.1, 0.15) is 11.9 Å². The number of amides is 1. The summed E-state index contributed by atoms with van der Waals surface area (Å²) in [6.45, 7) is 3.26. The third-order valence-electron chi connectivity index (χ3n) is 6.24. The fourth-order valence-electron chi connectivity index (χ4n) is 4.47. The molecule has 1 fully saturated rings. The largest absolute Gasteiger partial charge is 0.490 e. The minimum Gasteiger partial charge on any atom is -0.490 e. The summed E-state index contributed by atoms with van der Waals surface area (Å²) in [4.78, 5) is 22.2. The molecule has 6 heteroatoms. The number of hydrogen-bond donors (Lipinski definition) is 0. The van der Waals surface area contributed by atoms with Gasteiger partial charge >= 0.3 is 0 Å². The topological polar surface area (TPSA) is 45.7 Å². The van der Waals surface area contributed by atoms with Gasteiger partial charge in [0, 0.05) is 66.6 Å². The number of aromatic nitrogens is 1. The predicted octanol–water partition coefficient (Wildman–Crippen LogP) is 5.61. The average molecular weight is 472 g/mol. The Morgan fingerprint density at radius 3 is 2.50 bits per heavy atom. The van der Waals surface area contributed by atoms with Gasteiger partial charge < -0.3 is 9.64 Å². The lowest BCUT2D eigenvalue weighted by Gasteiger charge is -2.32. The number of thiophene rings is 1. The summed E-state index contributed by atoms with van der Waals surface area (Å²) in [5.41, 5.74) is 1.97. The zero-order valence-corrected chi connectivity index (χ0v) is 20.2. The fourth-order valence-corrected chi connectivity index (χ4v) is 5.61. The summed E-state index contributed by atoms with van der Waals surface area (Å²) >= 11 is 1.87. The molecule has 0 radical (unpaired) electrons. The monoisotopic (exact) mass is 471 g/mol. The molecule has 5 nitrogen and oxygen atoms in total. The van der Waals surface area contributed by atoms with Crippen molar-refractivity contribution in [3.8, 4) is 5.75 Å². The molecule has 0 unspecified atom stereocenters. The number of carbonyl (C=O) groups excluding carboxylic acids is 1. The third kappa shape index (κ3) is 5.46. The summed E-state index contributed by atoms with van der Waals surface area (Å²) in [5.74, 6) is 0.972. The fraction of sp³-hybridized carbons (Fsp3) is 0.286. The third-order valence-corrected chi connectivity index (χ3v) is 7.34. The van der Waals surface area contributed by atoms with Gasteiger partial charge in [-0.1, -0.05) is 30.3 Å². The van der Waals surface area contributed by atoms with Crippen LogP contribution in [0.4, 0.5) is 0 Å². The maximum Gasteiger partial charge on any atom is 0.253 e. The second kappa shape index (κ2) is 10.4. The van der Waals surface area contributed by atoms with Gasteiger partial charge in [0.25, 0.3) is 5.91 Å². The molecule has 174 valence electrons. The Balaban J connectivity index is 1.10. The predicted molar refractivity (Wildman–Crippen MR) is 137 cm³/mol. The molecule has 0 bridgehead atoms. The van der Waals surface area contributed by atoms with Crippen LogP contribution in [0.3, 0.4) is 0 Å². The van der Waals surface area contributed by atoms with E-state index in [2.05, 4.69) is 71.5 Å². The van der Waals surface area contributed by atoms with Gasteiger partial charge in [-0.3, -0.25) is 14.7 Å². The van der Waals surface area contributed by atoms with E-state index in [9.17, 15) is 4.79 Å². The molecule has 34 heavy (non-hydrogen) atoms. The van der Waals surface area contributed by atoms with Crippen molar-refractivity contribution in [1.29, 1.82) is 0 Å². The summed E-state index contributed by atoms with van der Waals surface area (Å²) < 4.78 is 7.57. The molecule has 0 N–H and O–H groups in total. The highest BCUT2D eigenvalue weighted by Gasteiger charge is 2.24. The second-order valence-corrected chi connectivity index (χ2v) is 10.1. The number of hydrogen-bond acceptors (Lipinski definition) is 5. The molecule has 1 aliphatic rings. The molecule has 1 aliphatic heterocycles. The summed E-state index contributed by atoms with van der Waals surface area (Å²) in [6.07, 6.45) is 5.15. The number of fused-ring (bicyclic) bond motifs is 1. The van der Waals surface area contributed by atoms with E-state index in [4.69, 9.17) is 4.74 Å². The average Bonchev–Trinajstić information content (AvgIpc) is 3.28. The molecular formula is C28H29N3O2S. The van der Waals surface area contributed by atoms with Crippen molar-refractivity contribution in [3.05, 3.63) is 95.1 Å². The van der Waals surface area contributed by atoms with Gasteiger partial charge in [-0.15, -0.1) is 11.3 Å². The van der Waals surface area contributed by atoms with E-state index in [1.54, 1.807) is 24.5 Å². The zero-order chi connectivity index (χ0) is 23.3. The van der Waals surface area contributed by atoms with Gasteiger partial charge in [-0.25, -0.2) is 0 Å². The van der Waals surface area contributed by atoms with Crippen LogP contribution >= 0.6 is 11.3 Å². The maximum absolute atomic E-state index is 12.6. The van der Waals surface area contributed by atoms with Gasteiger partial charge in [-0.2, -0.15) is 0 Å². The van der Waals surface area contributed by atoms with Crippen molar-refractivity contribution in [2.45, 2.75) is 32.0 Å². The molecule has 2 aromatic carbocycles. The summed E-state index contributed by atoms with van der Waals surface area (Å²) in [5, 5.41) is 1.32. The molecule has 0 spiro atoms. The van der Waals surface area contributed by atoms with Gasteiger partial charge in [0.15, 0.2) is 0 Å². The molecule has 0 aliphatic carbocycles. The van der Waals surface area contributed by atoms with Crippen LogP contribution < -0.4 is 4.74 Å². The maximum atomic E-state index is 12.6. The Hall–Kier alpha value is -3.22. The van der Waals surface area contributed by atoms with Crippen molar-refractivity contribution in [3.63, 3.8) is 0 Å². The number of likely N-dealkylation sites (tertiary alicyclic amines) is 1. The van der Waals surface area contributed by atoms with Crippen LogP contribution in [0.15, 0.2) is 79.1 Å². The van der Waals surface area contributed by atoms with Crippen molar-refractivity contribution < 1.29 is 9.53 Å². The molecule has 3 heterocycles. The van der Waals surface area contributed by atoms with Crippen molar-refractivity contribution in [2.24, 2.45) is 0 Å². The lowest BCUT2D eigenvalue weighted by atomic mass is 10.1. The quantitative estimate of drug-likeness (QED) is 0.351. The number of piperidine rings is 1. The lowest BCUT2D eigenvalue weighted by molar-refractivity contribution is 0.0595. The highest BCUT2D eigenvalue weighted by atomic mass is 32.1. The molecule has 0 saturated carbocycles. The number of ether oxygens (including phenoxy) is 1. The van der Waals surface area contributed by atoms with Crippen LogP contribution in [0.25, 0.3) is 10.1 Å². The Morgan fingerprint density at radius 1 is 1.03 bits per heavy atom. The molecule has 4 aromatic rings. The minimum absolute atomic E-state index is 0.0740. The first-order valence-corrected chi connectivity index (χ1v) is 12.6. The van der Waals surface area contributed by atoms with Gasteiger partial charge in [-0.05, 0) is 54.4 Å². The number of pyridine rings is 1. The normalized spacial score (nSPS) is 14.6. The Labute approximate surface area is 204 Å². The second-order valence-electron chi connectivity index (χ2n) is 8.91. The van der Waals surface area contributed by atoms with Crippen LogP contribution in [-0.2, 0) is 13.1 Å². The van der Waals surface area contributed by atoms with E-state index < -0.39 is 0 Å². The number of benzene rings is 2. The van der Waals surface area contributed by atoms with Crippen LogP contribution in [0.2, 0.25) is 0 Å². The first-order chi connectivity index (χ1) is 16.6. The highest BCUT2D eigenvalue weighted by molar-refractivity contribution is 7.19. The molecule has 1 saturated heterocycles. The van der Waals surface area contributed by atoms with Crippen molar-refractivity contribution in [1.82, 2.24) is 14.8 Å². The van der Waals surface area contributed by atoms with E-state index >= 15 is 0 Å². The molecular weight excluding hydrogens is 442 g/mol. The van der Waals surface area contributed by atoms with Gasteiger partial charge in [0.2, 0.25) is 0 Å². The zero-order valence-electron chi connectivity index (χ0n) is 19.4. The minimum atomic E-state index is 0.0740. The summed E-state index contributed by atoms with van der Waals surface area (Å²) in [6, 6.07) is 22.8. The number of rotatable bonds is 7. The standard InChI is InChI=1S/C28H29N3O2S/c1-30(20-26-18-23-4-2-3-5-27(23)34-26)19-21-6-8-24(9-7-21)33-25-12-16-31(17-13-25)28(32)22-10-14-29-15-11-22/h2-11,14-15,18,25H,12-13,16-17,19-20H2,1H3. The van der Waals surface area contributed by atoms with E-state index in [1.807, 2.05) is 16.2 Å². The van der Waals surface area contributed by atoms with Gasteiger partial charge in [0.05, 0.1) is 0 Å². The van der Waals surface area contributed by atoms with Crippen molar-refractivity contribution >= 4 is 27.3 Å². The van der Waals surface area contributed by atoms with E-state index in [-0.39, 0.29) is 12.0 Å². The Morgan fingerprint density at radius 2 is 1.76 bits per heavy atom. The summed E-state index contributed by atoms with van der Waals surface area (Å²) in [7, 11) is 2.16. The van der Waals surface area contributed by atoms with E-state index in [1.165, 1.54) is 20.5 Å². The number of nitrogens with zero attached hydrogens (tertiary/aromatic N) is 3. The Kier molecular flexibility index (Phi) is 6.88. The molecule has 1 amide bonds. The van der Waals surface area contributed by atoms with Crippen LogP contribution in [0, 0.1) is 0 Å². The highest BCUT2D eigenvalue weighted by Crippen LogP contribution is 2.27. The van der Waals surface area contributed by atoms with E-state index in [0.717, 1.165) is 31.7 Å². The van der Waals surface area contributed by atoms with E-state index in [0.29, 0.717) is 18.7 Å². The van der Waals surface area contributed by atoms with Crippen LogP contribution in [0.5, 0.6) is 5.75 Å². The number of carbonyl (C=O) groups is 1. The molecule has 0 atom stereocenters. The van der Waals surface area contributed by atoms with Crippen LogP contribution in [-0.4, -0.2) is 46.9 Å². The first-order valence-electron chi connectivity index (χ1n) is 11.7. The first kappa shape index (κ1) is 22.6. The SMILES string of the molecule is CN(Cc1ccc(OC2CCN(C(=O)c3ccncc3)CC2)cc1)Cc1cc2ccccc2s1. The Bertz CT molecular complexity index is 1200.